The maximum absolute atomic E-state index is 12.1. The van der Waals surface area contributed by atoms with Crippen LogP contribution >= 0.6 is 15.9 Å². The van der Waals surface area contributed by atoms with Crippen LogP contribution in [0.15, 0.2) is 11.0 Å². The molecule has 9 heteroatoms. The van der Waals surface area contributed by atoms with Crippen LogP contribution in [-0.2, 0) is 10.1 Å². The molecule has 1 heterocycles. The lowest BCUT2D eigenvalue weighted by Gasteiger charge is -2.12. The third-order valence-corrected chi connectivity index (χ3v) is 2.43. The van der Waals surface area contributed by atoms with Crippen molar-refractivity contribution in [1.29, 1.82) is 0 Å². The predicted octanol–water partition coefficient (Wildman–Crippen LogP) is 1.95. The smallest absolute Gasteiger partial charge is 0.465 e. The minimum Gasteiger partial charge on any atom is -0.465 e. The van der Waals surface area contributed by atoms with Crippen molar-refractivity contribution in [2.45, 2.75) is 11.7 Å². The first kappa shape index (κ1) is 14.6. The molecule has 0 radical (unpaired) electrons. The second-order valence-corrected chi connectivity index (χ2v) is 3.57. The fraction of sp³-hybridized carbons (Fsp3) is 0.333. The molecule has 0 amide bonds. The van der Waals surface area contributed by atoms with Crippen LogP contribution in [0.25, 0.3) is 0 Å². The Bertz CT molecular complexity index is 512. The van der Waals surface area contributed by atoms with Gasteiger partial charge in [0.25, 0.3) is 0 Å². The molecule has 1 aromatic rings. The van der Waals surface area contributed by atoms with Gasteiger partial charge in [0.15, 0.2) is 5.75 Å². The lowest BCUT2D eigenvalue weighted by molar-refractivity contribution is -0.275. The third-order valence-electron chi connectivity index (χ3n) is 1.87. The van der Waals surface area contributed by atoms with E-state index >= 15 is 0 Å². The zero-order valence-electron chi connectivity index (χ0n) is 8.93. The molecule has 0 aliphatic heterocycles. The number of hydrogen-bond acceptors (Lipinski definition) is 4. The molecule has 18 heavy (non-hydrogen) atoms. The lowest BCUT2D eigenvalue weighted by Crippen LogP contribution is -2.26. The van der Waals surface area contributed by atoms with Crippen LogP contribution in [0.5, 0.6) is 5.75 Å². The fourth-order valence-corrected chi connectivity index (χ4v) is 1.55. The van der Waals surface area contributed by atoms with Gasteiger partial charge in [-0.2, -0.15) is 0 Å². The highest BCUT2D eigenvalue weighted by molar-refractivity contribution is 9.08. The van der Waals surface area contributed by atoms with E-state index in [1.165, 1.54) is 0 Å². The van der Waals surface area contributed by atoms with Gasteiger partial charge >= 0.3 is 12.3 Å². The summed E-state index contributed by atoms with van der Waals surface area (Å²) < 4.78 is 44.3. The summed E-state index contributed by atoms with van der Waals surface area (Å²) in [7, 11) is 1.00. The highest BCUT2D eigenvalue weighted by Gasteiger charge is 2.34. The van der Waals surface area contributed by atoms with Crippen LogP contribution in [0.2, 0.25) is 0 Å². The number of carbonyl (C=O) groups is 1. The average molecular weight is 330 g/mol. The van der Waals surface area contributed by atoms with Crippen molar-refractivity contribution >= 4 is 21.9 Å². The highest BCUT2D eigenvalue weighted by atomic mass is 79.9. The second-order valence-electron chi connectivity index (χ2n) is 3.01. The summed E-state index contributed by atoms with van der Waals surface area (Å²) in [6.07, 6.45) is -4.06. The Morgan fingerprint density at radius 1 is 1.50 bits per heavy atom. The Hall–Kier alpha value is -1.51. The highest BCUT2D eigenvalue weighted by Crippen LogP contribution is 2.23. The number of nitrogens with one attached hydrogen (secondary N) is 1. The van der Waals surface area contributed by atoms with Crippen molar-refractivity contribution in [2.75, 3.05) is 7.11 Å². The van der Waals surface area contributed by atoms with Gasteiger partial charge in [-0.25, -0.2) is 4.79 Å². The van der Waals surface area contributed by atoms with Crippen molar-refractivity contribution in [1.82, 2.24) is 4.98 Å². The lowest BCUT2D eigenvalue weighted by atomic mass is 10.2. The van der Waals surface area contributed by atoms with E-state index < -0.39 is 29.1 Å². The molecule has 100 valence electrons. The van der Waals surface area contributed by atoms with E-state index in [9.17, 15) is 22.8 Å². The van der Waals surface area contributed by atoms with Gasteiger partial charge in [0.05, 0.1) is 12.8 Å². The number of H-pyrrole nitrogens is 1. The van der Waals surface area contributed by atoms with Crippen LogP contribution < -0.4 is 10.2 Å². The Morgan fingerprint density at radius 3 is 2.56 bits per heavy atom. The normalized spacial score (nSPS) is 11.2. The maximum Gasteiger partial charge on any atom is 0.573 e. The average Bonchev–Trinajstić information content (AvgIpc) is 2.29. The van der Waals surface area contributed by atoms with E-state index in [1.807, 2.05) is 0 Å². The van der Waals surface area contributed by atoms with Crippen molar-refractivity contribution in [3.8, 4) is 5.75 Å². The molecule has 0 aliphatic carbocycles. The number of halogens is 4. The van der Waals surface area contributed by atoms with Crippen molar-refractivity contribution in [3.05, 3.63) is 27.7 Å². The van der Waals surface area contributed by atoms with E-state index in [4.69, 9.17) is 0 Å². The molecule has 0 spiro atoms. The number of esters is 1. The van der Waals surface area contributed by atoms with Gasteiger partial charge in [-0.3, -0.25) is 4.79 Å². The fourth-order valence-electron chi connectivity index (χ4n) is 1.13. The van der Waals surface area contributed by atoms with E-state index in [0.29, 0.717) is 0 Å². The number of alkyl halides is 4. The van der Waals surface area contributed by atoms with Gasteiger partial charge in [-0.05, 0) is 0 Å². The number of carbonyl (C=O) groups excluding carboxylic acids is 1. The number of pyridine rings is 1. The van der Waals surface area contributed by atoms with Gasteiger partial charge in [-0.15, -0.1) is 13.2 Å². The first-order valence-electron chi connectivity index (χ1n) is 4.44. The summed E-state index contributed by atoms with van der Waals surface area (Å²) in [4.78, 5) is 25.2. The number of aromatic amines is 1. The van der Waals surface area contributed by atoms with Crippen LogP contribution in [0.4, 0.5) is 13.2 Å². The number of ether oxygens (including phenoxy) is 2. The van der Waals surface area contributed by atoms with E-state index in [0.717, 1.165) is 13.3 Å². The molecule has 0 aliphatic rings. The molecule has 0 saturated carbocycles. The van der Waals surface area contributed by atoms with Crippen LogP contribution in [0, 0.1) is 0 Å². The number of aromatic nitrogens is 1. The Kier molecular flexibility index (Phi) is 4.38. The minimum atomic E-state index is -5.03. The van der Waals surface area contributed by atoms with Gasteiger partial charge in [0.2, 0.25) is 5.43 Å². The molecule has 1 aromatic heterocycles. The molecule has 0 bridgehead atoms. The molecule has 0 aromatic carbocycles. The van der Waals surface area contributed by atoms with Crippen LogP contribution in [0.1, 0.15) is 16.1 Å². The van der Waals surface area contributed by atoms with E-state index in [1.54, 1.807) is 0 Å². The zero-order valence-corrected chi connectivity index (χ0v) is 10.5. The monoisotopic (exact) mass is 329 g/mol. The first-order valence-corrected chi connectivity index (χ1v) is 5.57. The summed E-state index contributed by atoms with van der Waals surface area (Å²) in [5, 5.41) is -0.0743. The largest absolute Gasteiger partial charge is 0.573 e. The number of hydrogen-bond donors (Lipinski definition) is 1. The Morgan fingerprint density at radius 2 is 2.11 bits per heavy atom. The molecule has 1 N–H and O–H groups in total. The summed E-state index contributed by atoms with van der Waals surface area (Å²) in [5.74, 6) is -2.04. The van der Waals surface area contributed by atoms with E-state index in [-0.39, 0.29) is 11.0 Å². The summed E-state index contributed by atoms with van der Waals surface area (Å²) >= 11 is 2.90. The molecule has 1 rings (SSSR count). The molecular weight excluding hydrogens is 323 g/mol. The SMILES string of the molecule is COC(=O)c1c[nH]c(CBr)c(OC(F)(F)F)c1=O. The Balaban J connectivity index is 3.36. The Labute approximate surface area is 107 Å². The van der Waals surface area contributed by atoms with Gasteiger partial charge in [-0.1, -0.05) is 15.9 Å². The van der Waals surface area contributed by atoms with Gasteiger partial charge in [0.1, 0.15) is 5.56 Å². The summed E-state index contributed by atoms with van der Waals surface area (Å²) in [6, 6.07) is 0. The number of methoxy groups -OCH3 is 1. The van der Waals surface area contributed by atoms with Crippen LogP contribution in [0.3, 0.4) is 0 Å². The van der Waals surface area contributed by atoms with Gasteiger partial charge < -0.3 is 14.5 Å². The first-order chi connectivity index (χ1) is 8.30. The maximum atomic E-state index is 12.1. The molecule has 0 unspecified atom stereocenters. The van der Waals surface area contributed by atoms with Crippen molar-refractivity contribution in [3.63, 3.8) is 0 Å². The zero-order chi connectivity index (χ0) is 13.9. The van der Waals surface area contributed by atoms with E-state index in [2.05, 4.69) is 30.4 Å². The summed E-state index contributed by atoms with van der Waals surface area (Å²) in [5.41, 5.74) is -1.89. The topological polar surface area (TPSA) is 68.4 Å². The standard InChI is InChI=1S/C9H7BrF3NO4/c1-17-8(16)4-3-14-5(2-10)7(6(4)15)18-9(11,12)13/h3H,2H2,1H3,(H,14,15). The molecular formula is C9H7BrF3NO4. The minimum absolute atomic E-state index is 0.0743. The summed E-state index contributed by atoms with van der Waals surface area (Å²) in [6.45, 7) is 0. The van der Waals surface area contributed by atoms with Crippen LogP contribution in [-0.4, -0.2) is 24.4 Å². The second kappa shape index (κ2) is 5.42. The van der Waals surface area contributed by atoms with Crippen molar-refractivity contribution < 1.29 is 27.4 Å². The van der Waals surface area contributed by atoms with Crippen molar-refractivity contribution in [2.24, 2.45) is 0 Å². The molecule has 5 nitrogen and oxygen atoms in total. The molecule has 0 atom stereocenters. The quantitative estimate of drug-likeness (QED) is 0.680. The molecule has 0 fully saturated rings. The third kappa shape index (κ3) is 3.25. The number of rotatable bonds is 3. The predicted molar refractivity (Wildman–Crippen MR) is 57.7 cm³/mol. The van der Waals surface area contributed by atoms with Gasteiger partial charge in [0, 0.05) is 11.5 Å². The molecule has 0 saturated heterocycles.